The first-order valence-electron chi connectivity index (χ1n) is 16.8. The van der Waals surface area contributed by atoms with Crippen molar-refractivity contribution in [1.29, 1.82) is 0 Å². The Morgan fingerprint density at radius 1 is 0.224 bits per heavy atom. The summed E-state index contributed by atoms with van der Waals surface area (Å²) in [6.07, 6.45) is 0. The van der Waals surface area contributed by atoms with E-state index in [0.29, 0.717) is 0 Å². The van der Waals surface area contributed by atoms with Gasteiger partial charge in [0, 0.05) is 64.6 Å². The zero-order valence-electron chi connectivity index (χ0n) is 25.7. The number of aromatic hydroxyl groups is 3. The molecule has 3 N–H and O–H groups in total. The van der Waals surface area contributed by atoms with Crippen LogP contribution in [0.1, 0.15) is 0 Å². The topological polar surface area (TPSA) is 60.7 Å². The van der Waals surface area contributed by atoms with Crippen LogP contribution in [0.15, 0.2) is 103 Å². The molecule has 0 fully saturated rings. The van der Waals surface area contributed by atoms with Crippen molar-refractivity contribution < 1.29 is 15.3 Å². The Morgan fingerprint density at radius 2 is 0.571 bits per heavy atom. The second-order valence-electron chi connectivity index (χ2n) is 14.4. The summed E-state index contributed by atoms with van der Waals surface area (Å²) in [5.74, 6) is 0.667. The van der Waals surface area contributed by atoms with Crippen LogP contribution in [0.4, 0.5) is 0 Å². The molecule has 14 aromatic rings. The molecule has 14 aromatic carbocycles. The molecule has 222 valence electrons. The minimum absolute atomic E-state index is 0.179. The van der Waals surface area contributed by atoms with Crippen molar-refractivity contribution in [1.82, 2.24) is 0 Å². The molecule has 0 amide bonds. The molecule has 14 rings (SSSR count). The van der Waals surface area contributed by atoms with Gasteiger partial charge < -0.3 is 15.3 Å². The van der Waals surface area contributed by atoms with Crippen LogP contribution >= 0.6 is 0 Å². The maximum atomic E-state index is 12.4. The summed E-state index contributed by atoms with van der Waals surface area (Å²) in [4.78, 5) is 0. The largest absolute Gasteiger partial charge is 0.507 e. The van der Waals surface area contributed by atoms with Gasteiger partial charge in [-0.05, 0) is 124 Å². The fourth-order valence-corrected chi connectivity index (χ4v) is 10.5. The molecule has 49 heavy (non-hydrogen) atoms. The summed E-state index contributed by atoms with van der Waals surface area (Å²) in [5.41, 5.74) is 0. The van der Waals surface area contributed by atoms with Crippen LogP contribution in [0.25, 0.3) is 140 Å². The highest BCUT2D eigenvalue weighted by atomic mass is 16.3. The van der Waals surface area contributed by atoms with E-state index in [2.05, 4.69) is 72.8 Å². The van der Waals surface area contributed by atoms with Gasteiger partial charge in [-0.3, -0.25) is 0 Å². The van der Waals surface area contributed by atoms with Gasteiger partial charge in [0.15, 0.2) is 0 Å². The van der Waals surface area contributed by atoms with Crippen molar-refractivity contribution >= 4 is 140 Å². The Morgan fingerprint density at radius 3 is 1.14 bits per heavy atom. The Bertz CT molecular complexity index is 3800. The van der Waals surface area contributed by atoms with Crippen LogP contribution in [0.5, 0.6) is 17.2 Å². The zero-order valence-corrected chi connectivity index (χ0v) is 25.7. The fraction of sp³-hybridized carbons (Fsp3) is 0. The maximum absolute atomic E-state index is 12.4. The average Bonchev–Trinajstić information content (AvgIpc) is 3.12. The maximum Gasteiger partial charge on any atom is 0.131 e. The normalized spacial score (nSPS) is 13.6. The molecule has 0 aliphatic carbocycles. The summed E-state index contributed by atoms with van der Waals surface area (Å²) in [6.45, 7) is 0. The third kappa shape index (κ3) is 2.30. The number of phenolic OH excluding ortho intramolecular Hbond substituents is 3. The fourth-order valence-electron chi connectivity index (χ4n) is 10.5. The van der Waals surface area contributed by atoms with Gasteiger partial charge in [0.25, 0.3) is 0 Å². The van der Waals surface area contributed by atoms with Crippen LogP contribution < -0.4 is 0 Å². The Hall–Kier alpha value is -6.58. The second kappa shape index (κ2) is 7.13. The molecule has 0 aliphatic rings. The van der Waals surface area contributed by atoms with E-state index in [0.717, 1.165) is 129 Å². The van der Waals surface area contributed by atoms with Crippen molar-refractivity contribution in [3.8, 4) is 17.2 Å². The molecule has 0 unspecified atom stereocenters. The van der Waals surface area contributed by atoms with Gasteiger partial charge in [-0.25, -0.2) is 0 Å². The lowest BCUT2D eigenvalue weighted by Crippen LogP contribution is -1.96. The van der Waals surface area contributed by atoms with Crippen molar-refractivity contribution in [2.24, 2.45) is 0 Å². The number of phenols is 3. The lowest BCUT2D eigenvalue weighted by atomic mass is 9.78. The highest BCUT2D eigenvalue weighted by molar-refractivity contribution is 6.51. The molecule has 0 radical (unpaired) electrons. The quantitative estimate of drug-likeness (QED) is 0.117. The molecule has 0 saturated heterocycles. The first-order chi connectivity index (χ1) is 24.0. The highest BCUT2D eigenvalue weighted by Gasteiger charge is 2.29. The number of rotatable bonds is 0. The van der Waals surface area contributed by atoms with Crippen LogP contribution in [0, 0.1) is 0 Å². The molecule has 0 bridgehead atoms. The SMILES string of the molecule is Oc1c2cccc3ccc4cc5cc6cc7cc8cc9cccc%10ccc%11c(O)c%12cc%13c(O)c%14cc1c(c4c32)c5c%14c6c%13c7c%12c8c%11c%109. The first kappa shape index (κ1) is 23.7. The van der Waals surface area contributed by atoms with Crippen LogP contribution in [-0.4, -0.2) is 15.3 Å². The second-order valence-corrected chi connectivity index (χ2v) is 14.4. The lowest BCUT2D eigenvalue weighted by Gasteiger charge is -2.25. The van der Waals surface area contributed by atoms with E-state index >= 15 is 0 Å². The zero-order chi connectivity index (χ0) is 31.8. The number of benzene rings is 14. The Balaban J connectivity index is 1.33. The predicted molar refractivity (Wildman–Crippen MR) is 206 cm³/mol. The van der Waals surface area contributed by atoms with Gasteiger partial charge in [0.1, 0.15) is 17.2 Å². The molecular formula is C46H20O3. The summed E-state index contributed by atoms with van der Waals surface area (Å²) >= 11 is 0. The molecule has 0 aromatic heterocycles. The van der Waals surface area contributed by atoms with E-state index in [1.807, 2.05) is 30.3 Å². The van der Waals surface area contributed by atoms with Crippen molar-refractivity contribution in [3.63, 3.8) is 0 Å². The van der Waals surface area contributed by atoms with Crippen LogP contribution in [-0.2, 0) is 0 Å². The molecule has 0 saturated carbocycles. The van der Waals surface area contributed by atoms with Crippen LogP contribution in [0.2, 0.25) is 0 Å². The van der Waals surface area contributed by atoms with Crippen molar-refractivity contribution in [2.45, 2.75) is 0 Å². The smallest absolute Gasteiger partial charge is 0.131 e. The standard InChI is InChI=1S/C46H20O3/c47-44-26-6-2-4-19-7-8-21-12-23-14-25-15-24-13-22-11-20-5-1-3-18-9-10-27-39(32(18)20)35(22)41-29(45(27)48)17-31-43(37(24)41)38(25)42-30(46(31)49)16-28(44)40(36(23)42)34(21)33(19)26/h1-17,47-49H. The molecule has 0 heterocycles. The summed E-state index contributed by atoms with van der Waals surface area (Å²) in [6, 6.07) is 36.5. The molecule has 3 nitrogen and oxygen atoms in total. The Kier molecular flexibility index (Phi) is 3.45. The summed E-state index contributed by atoms with van der Waals surface area (Å²) in [7, 11) is 0. The van der Waals surface area contributed by atoms with Crippen LogP contribution in [0.3, 0.4) is 0 Å². The predicted octanol–water partition coefficient (Wildman–Crippen LogP) is 12.4. The van der Waals surface area contributed by atoms with E-state index in [1.165, 1.54) is 10.8 Å². The van der Waals surface area contributed by atoms with Gasteiger partial charge >= 0.3 is 0 Å². The van der Waals surface area contributed by atoms with Gasteiger partial charge in [-0.2, -0.15) is 0 Å². The van der Waals surface area contributed by atoms with Gasteiger partial charge in [0.05, 0.1) is 0 Å². The van der Waals surface area contributed by atoms with E-state index in [4.69, 9.17) is 0 Å². The van der Waals surface area contributed by atoms with Gasteiger partial charge in [-0.1, -0.05) is 54.6 Å². The monoisotopic (exact) mass is 620 g/mol. The molecule has 3 heteroatoms. The minimum Gasteiger partial charge on any atom is -0.507 e. The van der Waals surface area contributed by atoms with E-state index in [1.54, 1.807) is 0 Å². The molecule has 0 spiro atoms. The van der Waals surface area contributed by atoms with Crippen molar-refractivity contribution in [2.75, 3.05) is 0 Å². The summed E-state index contributed by atoms with van der Waals surface area (Å²) < 4.78 is 0. The van der Waals surface area contributed by atoms with Crippen molar-refractivity contribution in [3.05, 3.63) is 103 Å². The number of hydrogen-bond donors (Lipinski definition) is 3. The van der Waals surface area contributed by atoms with Gasteiger partial charge in [0.2, 0.25) is 0 Å². The van der Waals surface area contributed by atoms with Gasteiger partial charge in [-0.15, -0.1) is 0 Å². The molecular weight excluding hydrogens is 601 g/mol. The molecule has 0 atom stereocenters. The van der Waals surface area contributed by atoms with E-state index < -0.39 is 0 Å². The minimum atomic E-state index is 0.179. The third-order valence-electron chi connectivity index (χ3n) is 12.3. The number of hydrogen-bond acceptors (Lipinski definition) is 3. The Labute approximate surface area is 275 Å². The average molecular weight is 621 g/mol. The highest BCUT2D eigenvalue weighted by Crippen LogP contribution is 2.58. The lowest BCUT2D eigenvalue weighted by molar-refractivity contribution is 0.487. The molecule has 0 aliphatic heterocycles. The van der Waals surface area contributed by atoms with E-state index in [-0.39, 0.29) is 17.2 Å². The van der Waals surface area contributed by atoms with E-state index in [9.17, 15) is 15.3 Å². The third-order valence-corrected chi connectivity index (χ3v) is 12.3. The summed E-state index contributed by atoms with van der Waals surface area (Å²) in [5, 5.41) is 63.2. The first-order valence-corrected chi connectivity index (χ1v) is 16.8.